The normalized spacial score (nSPS) is 11.0. The minimum absolute atomic E-state index is 0.253. The van der Waals surface area contributed by atoms with Crippen LogP contribution < -0.4 is 11.1 Å². The largest absolute Gasteiger partial charge is 0.369 e. The van der Waals surface area contributed by atoms with Crippen molar-refractivity contribution in [3.8, 4) is 0 Å². The summed E-state index contributed by atoms with van der Waals surface area (Å²) in [5, 5.41) is 3.31. The number of hydrogen-bond donors (Lipinski definition) is 2. The summed E-state index contributed by atoms with van der Waals surface area (Å²) in [6.45, 7) is 8.41. The van der Waals surface area contributed by atoms with E-state index in [4.69, 9.17) is 5.73 Å². The van der Waals surface area contributed by atoms with Crippen LogP contribution in [0.15, 0.2) is 30.3 Å². The Labute approximate surface area is 137 Å². The highest BCUT2D eigenvalue weighted by atomic mass is 16.1. The zero-order chi connectivity index (χ0) is 17.0. The van der Waals surface area contributed by atoms with E-state index in [1.54, 1.807) is 0 Å². The minimum Gasteiger partial charge on any atom is -0.369 e. The van der Waals surface area contributed by atoms with E-state index in [1.165, 1.54) is 0 Å². The number of nitrogens with zero attached hydrogens (tertiary/aromatic N) is 2. The number of aromatic nitrogens is 2. The van der Waals surface area contributed by atoms with Gasteiger partial charge >= 0.3 is 0 Å². The van der Waals surface area contributed by atoms with Crippen molar-refractivity contribution in [1.29, 1.82) is 0 Å². The predicted molar refractivity (Wildman–Crippen MR) is 92.8 cm³/mol. The minimum atomic E-state index is -0.329. The molecule has 23 heavy (non-hydrogen) atoms. The number of hydrogen-bond acceptors (Lipinski definition) is 4. The highest BCUT2D eigenvalue weighted by Gasteiger charge is 2.10. The number of anilines is 2. The maximum absolute atomic E-state index is 10.9. The first kappa shape index (κ1) is 16.9. The molecule has 0 atom stereocenters. The quantitative estimate of drug-likeness (QED) is 0.855. The molecule has 1 amide bonds. The number of benzene rings is 1. The molecule has 5 nitrogen and oxygen atoms in total. The van der Waals surface area contributed by atoms with Gasteiger partial charge in [0, 0.05) is 23.4 Å². The van der Waals surface area contributed by atoms with Crippen molar-refractivity contribution < 1.29 is 4.79 Å². The molecule has 0 spiro atoms. The molecule has 1 aromatic heterocycles. The van der Waals surface area contributed by atoms with E-state index in [0.29, 0.717) is 5.92 Å². The van der Waals surface area contributed by atoms with Crippen LogP contribution in [0.1, 0.15) is 56.6 Å². The summed E-state index contributed by atoms with van der Waals surface area (Å²) >= 11 is 0. The first-order valence-corrected chi connectivity index (χ1v) is 7.88. The lowest BCUT2D eigenvalue weighted by Gasteiger charge is -2.13. The molecule has 0 unspecified atom stereocenters. The van der Waals surface area contributed by atoms with Crippen molar-refractivity contribution in [2.45, 2.75) is 46.0 Å². The van der Waals surface area contributed by atoms with Gasteiger partial charge in [-0.25, -0.2) is 9.97 Å². The van der Waals surface area contributed by atoms with Gasteiger partial charge in [-0.15, -0.1) is 0 Å². The molecule has 2 rings (SSSR count). The van der Waals surface area contributed by atoms with Crippen LogP contribution in [0.5, 0.6) is 0 Å². The Balaban J connectivity index is 2.23. The van der Waals surface area contributed by atoms with Gasteiger partial charge in [0.1, 0.15) is 11.6 Å². The average Bonchev–Trinajstić information content (AvgIpc) is 2.48. The molecular formula is C18H24N4O. The van der Waals surface area contributed by atoms with Gasteiger partial charge < -0.3 is 11.1 Å². The summed E-state index contributed by atoms with van der Waals surface area (Å²) in [6.07, 6.45) is 0.253. The number of nitrogens with one attached hydrogen (secondary N) is 1. The lowest BCUT2D eigenvalue weighted by molar-refractivity contribution is -0.117. The number of carbonyl (C=O) groups excluding carboxylic acids is 1. The molecule has 0 aliphatic rings. The van der Waals surface area contributed by atoms with Crippen LogP contribution in [0.3, 0.4) is 0 Å². The van der Waals surface area contributed by atoms with E-state index in [9.17, 15) is 4.79 Å². The molecule has 0 aliphatic carbocycles. The maximum atomic E-state index is 10.9. The molecule has 1 aromatic carbocycles. The lowest BCUT2D eigenvalue weighted by Crippen LogP contribution is -2.13. The van der Waals surface area contributed by atoms with Crippen molar-refractivity contribution in [2.75, 3.05) is 5.32 Å². The van der Waals surface area contributed by atoms with Crippen molar-refractivity contribution >= 4 is 17.4 Å². The average molecular weight is 312 g/mol. The maximum Gasteiger partial charge on any atom is 0.221 e. The van der Waals surface area contributed by atoms with E-state index in [0.717, 1.165) is 28.6 Å². The van der Waals surface area contributed by atoms with Gasteiger partial charge in [-0.1, -0.05) is 39.8 Å². The van der Waals surface area contributed by atoms with Gasteiger partial charge in [0.05, 0.1) is 6.42 Å². The van der Waals surface area contributed by atoms with Gasteiger partial charge in [0.25, 0.3) is 0 Å². The third-order valence-corrected chi connectivity index (χ3v) is 3.48. The van der Waals surface area contributed by atoms with Gasteiger partial charge in [0.15, 0.2) is 0 Å². The zero-order valence-electron chi connectivity index (χ0n) is 14.1. The highest BCUT2D eigenvalue weighted by molar-refractivity contribution is 5.76. The first-order chi connectivity index (χ1) is 10.8. The molecule has 5 heteroatoms. The number of primary amides is 1. The summed E-state index contributed by atoms with van der Waals surface area (Å²) in [5.74, 6) is 1.91. The molecule has 3 N–H and O–H groups in total. The molecule has 1 heterocycles. The Hall–Kier alpha value is -2.43. The van der Waals surface area contributed by atoms with Crippen molar-refractivity contribution in [3.63, 3.8) is 0 Å². The number of carbonyl (C=O) groups is 1. The Bertz CT molecular complexity index is 652. The molecule has 0 saturated carbocycles. The van der Waals surface area contributed by atoms with Gasteiger partial charge in [0.2, 0.25) is 5.91 Å². The molecule has 2 aromatic rings. The second-order valence-corrected chi connectivity index (χ2v) is 6.31. The molecule has 0 aliphatic heterocycles. The van der Waals surface area contributed by atoms with E-state index in [2.05, 4.69) is 43.0 Å². The Morgan fingerprint density at radius 1 is 1.09 bits per heavy atom. The first-order valence-electron chi connectivity index (χ1n) is 7.88. The fraction of sp³-hybridized carbons (Fsp3) is 0.389. The highest BCUT2D eigenvalue weighted by Crippen LogP contribution is 2.22. The predicted octanol–water partition coefficient (Wildman–Crippen LogP) is 3.49. The van der Waals surface area contributed by atoms with Crippen LogP contribution in [0.4, 0.5) is 11.5 Å². The van der Waals surface area contributed by atoms with Gasteiger partial charge in [-0.3, -0.25) is 4.79 Å². The SMILES string of the molecule is CC(C)c1cc(Nc2ccc(CC(N)=O)cc2)nc(C(C)C)n1. The van der Waals surface area contributed by atoms with Gasteiger partial charge in [-0.05, 0) is 23.6 Å². The zero-order valence-corrected chi connectivity index (χ0v) is 14.1. The Morgan fingerprint density at radius 3 is 2.26 bits per heavy atom. The molecule has 0 bridgehead atoms. The van der Waals surface area contributed by atoms with E-state index >= 15 is 0 Å². The Kier molecular flexibility index (Phi) is 5.32. The summed E-state index contributed by atoms with van der Waals surface area (Å²) in [4.78, 5) is 20.1. The summed E-state index contributed by atoms with van der Waals surface area (Å²) in [7, 11) is 0. The second-order valence-electron chi connectivity index (χ2n) is 6.31. The molecule has 0 radical (unpaired) electrons. The van der Waals surface area contributed by atoms with Crippen LogP contribution in [0, 0.1) is 0 Å². The fourth-order valence-corrected chi connectivity index (χ4v) is 2.16. The van der Waals surface area contributed by atoms with Crippen LogP contribution in [-0.2, 0) is 11.2 Å². The lowest BCUT2D eigenvalue weighted by atomic mass is 10.1. The smallest absolute Gasteiger partial charge is 0.221 e. The van der Waals surface area contributed by atoms with Crippen LogP contribution in [-0.4, -0.2) is 15.9 Å². The summed E-state index contributed by atoms with van der Waals surface area (Å²) in [5.41, 5.74) is 8.05. The molecule has 0 saturated heterocycles. The van der Waals surface area contributed by atoms with Crippen molar-refractivity contribution in [2.24, 2.45) is 5.73 Å². The van der Waals surface area contributed by atoms with E-state index in [1.807, 2.05) is 30.3 Å². The second kappa shape index (κ2) is 7.22. The third-order valence-electron chi connectivity index (χ3n) is 3.48. The molecule has 0 fully saturated rings. The van der Waals surface area contributed by atoms with E-state index in [-0.39, 0.29) is 18.2 Å². The molecule has 122 valence electrons. The van der Waals surface area contributed by atoms with Crippen LogP contribution in [0.2, 0.25) is 0 Å². The number of rotatable bonds is 6. The summed E-state index contributed by atoms with van der Waals surface area (Å²) in [6, 6.07) is 9.60. The van der Waals surface area contributed by atoms with Crippen LogP contribution in [0.25, 0.3) is 0 Å². The summed E-state index contributed by atoms with van der Waals surface area (Å²) < 4.78 is 0. The van der Waals surface area contributed by atoms with Crippen molar-refractivity contribution in [3.05, 3.63) is 47.4 Å². The monoisotopic (exact) mass is 312 g/mol. The topological polar surface area (TPSA) is 80.9 Å². The number of nitrogens with two attached hydrogens (primary N) is 1. The third kappa shape index (κ3) is 4.77. The van der Waals surface area contributed by atoms with E-state index < -0.39 is 0 Å². The van der Waals surface area contributed by atoms with Crippen molar-refractivity contribution in [1.82, 2.24) is 9.97 Å². The van der Waals surface area contributed by atoms with Crippen LogP contribution >= 0.6 is 0 Å². The Morgan fingerprint density at radius 2 is 1.74 bits per heavy atom. The standard InChI is InChI=1S/C18H24N4O/c1-11(2)15-10-17(22-18(21-15)12(3)4)20-14-7-5-13(6-8-14)9-16(19)23/h5-8,10-12H,9H2,1-4H3,(H2,19,23)(H,20,21,22). The molecular weight excluding hydrogens is 288 g/mol. The fourth-order valence-electron chi connectivity index (χ4n) is 2.16. The van der Waals surface area contributed by atoms with Gasteiger partial charge in [-0.2, -0.15) is 0 Å². The number of amides is 1.